The summed E-state index contributed by atoms with van der Waals surface area (Å²) in [5, 5.41) is 21.5. The van der Waals surface area contributed by atoms with Gasteiger partial charge in [-0.2, -0.15) is 0 Å². The van der Waals surface area contributed by atoms with E-state index >= 15 is 0 Å². The number of allylic oxidation sites excluding steroid dienone is 3. The quantitative estimate of drug-likeness (QED) is 0.637. The molecule has 0 spiro atoms. The molecule has 4 aliphatic rings. The molecule has 2 saturated heterocycles. The minimum atomic E-state index is -1.87. The lowest BCUT2D eigenvalue weighted by atomic mass is 9.65. The highest BCUT2D eigenvalue weighted by Crippen LogP contribution is 2.60. The van der Waals surface area contributed by atoms with Crippen molar-refractivity contribution in [2.45, 2.75) is 64.1 Å². The molecule has 0 saturated carbocycles. The van der Waals surface area contributed by atoms with Gasteiger partial charge in [-0.15, -0.1) is 0 Å². The van der Waals surface area contributed by atoms with E-state index in [0.29, 0.717) is 23.3 Å². The molecule has 0 radical (unpaired) electrons. The normalized spacial score (nSPS) is 41.5. The van der Waals surface area contributed by atoms with Crippen LogP contribution in [0.2, 0.25) is 0 Å². The molecular weight excluding hydrogens is 424 g/mol. The number of ketones is 1. The number of hydrogen-bond donors (Lipinski definition) is 2. The Balaban J connectivity index is 1.79. The number of esters is 1. The van der Waals surface area contributed by atoms with Crippen LogP contribution >= 0.6 is 11.6 Å². The Morgan fingerprint density at radius 3 is 2.61 bits per heavy atom. The first kappa shape index (κ1) is 22.3. The molecule has 2 N–H and O–H groups in total. The van der Waals surface area contributed by atoms with Gasteiger partial charge in [-0.05, 0) is 45.4 Å². The van der Waals surface area contributed by atoms with E-state index in [-0.39, 0.29) is 5.03 Å². The third kappa shape index (κ3) is 3.13. The maximum atomic E-state index is 13.3. The van der Waals surface area contributed by atoms with E-state index in [1.807, 2.05) is 6.92 Å². The van der Waals surface area contributed by atoms with Crippen molar-refractivity contribution < 1.29 is 34.0 Å². The van der Waals surface area contributed by atoms with Gasteiger partial charge in [0.2, 0.25) is 5.78 Å². The summed E-state index contributed by atoms with van der Waals surface area (Å²) in [6, 6.07) is 0. The molecule has 4 rings (SSSR count). The molecule has 1 aliphatic carbocycles. The number of cyclic esters (lactones) is 1. The lowest BCUT2D eigenvalue weighted by Crippen LogP contribution is -2.56. The molecule has 0 aromatic carbocycles. The minimum absolute atomic E-state index is 0.0576. The van der Waals surface area contributed by atoms with Crippen LogP contribution in [0.5, 0.6) is 0 Å². The average Bonchev–Trinajstić information content (AvgIpc) is 2.98. The van der Waals surface area contributed by atoms with Gasteiger partial charge in [0.05, 0.1) is 16.9 Å². The zero-order valence-corrected chi connectivity index (χ0v) is 18.9. The van der Waals surface area contributed by atoms with E-state index in [9.17, 15) is 19.8 Å². The molecule has 0 amide bonds. The van der Waals surface area contributed by atoms with Gasteiger partial charge in [0.1, 0.15) is 23.4 Å². The van der Waals surface area contributed by atoms with E-state index in [0.717, 1.165) is 0 Å². The largest absolute Gasteiger partial charge is 0.465 e. The molecule has 168 valence electrons. The van der Waals surface area contributed by atoms with Crippen LogP contribution in [0.3, 0.4) is 0 Å². The molecular formula is C23H27ClO7. The molecule has 2 fully saturated rings. The maximum Gasteiger partial charge on any atom is 0.315 e. The molecule has 3 aliphatic heterocycles. The SMILES string of the molecule is CC[C@](C)(O)/C=C/C1=CC2=C(Cl)C(=O)[C@@]3(C)O[C@]4(O)[C@@H](C)[C@@H](C)OC(=O)[C@H]4[C@H]3C2=CO1. The molecule has 0 aromatic rings. The van der Waals surface area contributed by atoms with E-state index in [2.05, 4.69) is 0 Å². The van der Waals surface area contributed by atoms with Crippen LogP contribution in [0.4, 0.5) is 0 Å². The Bertz CT molecular complexity index is 974. The summed E-state index contributed by atoms with van der Waals surface area (Å²) in [4.78, 5) is 26.2. The molecule has 3 heterocycles. The Hall–Kier alpha value is -1.93. The number of fused-ring (bicyclic) bond motifs is 5. The maximum absolute atomic E-state index is 13.3. The van der Waals surface area contributed by atoms with Crippen LogP contribution in [-0.4, -0.2) is 45.1 Å². The highest BCUT2D eigenvalue weighted by atomic mass is 35.5. The summed E-state index contributed by atoms with van der Waals surface area (Å²) in [5.74, 6) is -5.11. The number of aliphatic hydroxyl groups is 2. The first-order chi connectivity index (χ1) is 14.4. The Morgan fingerprint density at radius 1 is 1.29 bits per heavy atom. The smallest absolute Gasteiger partial charge is 0.315 e. The summed E-state index contributed by atoms with van der Waals surface area (Å²) in [5.41, 5.74) is -1.66. The fourth-order valence-corrected chi connectivity index (χ4v) is 5.11. The molecule has 31 heavy (non-hydrogen) atoms. The second-order valence-corrected chi connectivity index (χ2v) is 9.56. The van der Waals surface area contributed by atoms with Gasteiger partial charge in [0.15, 0.2) is 5.79 Å². The van der Waals surface area contributed by atoms with E-state index in [4.69, 9.17) is 25.8 Å². The van der Waals surface area contributed by atoms with Crippen LogP contribution in [-0.2, 0) is 23.8 Å². The van der Waals surface area contributed by atoms with E-state index < -0.39 is 52.6 Å². The Kier molecular flexibility index (Phi) is 5.05. The van der Waals surface area contributed by atoms with Crippen molar-refractivity contribution in [2.24, 2.45) is 17.8 Å². The summed E-state index contributed by atoms with van der Waals surface area (Å²) >= 11 is 6.46. The van der Waals surface area contributed by atoms with Crippen LogP contribution in [0.25, 0.3) is 0 Å². The number of halogens is 1. The molecule has 0 unspecified atom stereocenters. The Labute approximate surface area is 186 Å². The summed E-state index contributed by atoms with van der Waals surface area (Å²) < 4.78 is 17.2. The molecule has 7 nitrogen and oxygen atoms in total. The monoisotopic (exact) mass is 450 g/mol. The van der Waals surface area contributed by atoms with Crippen LogP contribution in [0.15, 0.2) is 46.4 Å². The fourth-order valence-electron chi connectivity index (χ4n) is 4.76. The van der Waals surface area contributed by atoms with Crippen molar-refractivity contribution in [1.29, 1.82) is 0 Å². The second kappa shape index (κ2) is 7.04. The molecule has 7 atom stereocenters. The fraction of sp³-hybridized carbons (Fsp3) is 0.565. The number of rotatable bonds is 3. The summed E-state index contributed by atoms with van der Waals surface area (Å²) in [6.07, 6.45) is 6.16. The zero-order valence-electron chi connectivity index (χ0n) is 18.1. The van der Waals surface area contributed by atoms with Gasteiger partial charge in [0.25, 0.3) is 0 Å². The van der Waals surface area contributed by atoms with Gasteiger partial charge in [0, 0.05) is 23.0 Å². The van der Waals surface area contributed by atoms with Crippen molar-refractivity contribution in [1.82, 2.24) is 0 Å². The number of carbonyl (C=O) groups is 2. The van der Waals surface area contributed by atoms with E-state index in [1.54, 1.807) is 45.9 Å². The lowest BCUT2D eigenvalue weighted by Gasteiger charge is -2.42. The van der Waals surface area contributed by atoms with Crippen molar-refractivity contribution in [3.05, 3.63) is 46.4 Å². The number of Topliss-reactive ketones (excluding diaryl/α,β-unsaturated/α-hetero) is 1. The van der Waals surface area contributed by atoms with Crippen molar-refractivity contribution in [3.8, 4) is 0 Å². The minimum Gasteiger partial charge on any atom is -0.465 e. The first-order valence-electron chi connectivity index (χ1n) is 10.4. The van der Waals surface area contributed by atoms with Gasteiger partial charge < -0.3 is 24.4 Å². The zero-order chi connectivity index (χ0) is 22.9. The predicted molar refractivity (Wildman–Crippen MR) is 111 cm³/mol. The third-order valence-corrected chi connectivity index (χ3v) is 7.50. The Morgan fingerprint density at radius 2 is 1.97 bits per heavy atom. The molecule has 0 aromatic heterocycles. The molecule has 0 bridgehead atoms. The second-order valence-electron chi connectivity index (χ2n) is 9.19. The molecule has 8 heteroatoms. The van der Waals surface area contributed by atoms with Crippen LogP contribution in [0, 0.1) is 17.8 Å². The highest BCUT2D eigenvalue weighted by molar-refractivity contribution is 6.45. The number of hydrogen-bond acceptors (Lipinski definition) is 7. The highest BCUT2D eigenvalue weighted by Gasteiger charge is 2.72. The van der Waals surface area contributed by atoms with Crippen LogP contribution < -0.4 is 0 Å². The van der Waals surface area contributed by atoms with Gasteiger partial charge in [-0.1, -0.05) is 25.4 Å². The van der Waals surface area contributed by atoms with Crippen molar-refractivity contribution >= 4 is 23.4 Å². The van der Waals surface area contributed by atoms with Crippen LogP contribution in [0.1, 0.15) is 41.0 Å². The third-order valence-electron chi connectivity index (χ3n) is 7.12. The number of carbonyl (C=O) groups excluding carboxylic acids is 2. The predicted octanol–water partition coefficient (Wildman–Crippen LogP) is 2.87. The van der Waals surface area contributed by atoms with Crippen molar-refractivity contribution in [3.63, 3.8) is 0 Å². The van der Waals surface area contributed by atoms with E-state index in [1.165, 1.54) is 6.26 Å². The standard InChI is InChI=1S/C23H27ClO7/c1-6-21(4,27)8-7-13-9-14-15(10-29-13)16-17-20(26)30-12(3)11(2)23(17,28)31-22(16,5)19(25)18(14)24/h7-12,16-17,27-28H,6H2,1-5H3/b8-7+/t11-,12+,16+,17+,21-,22-,23+/m0/s1. The van der Waals surface area contributed by atoms with Gasteiger partial charge in [-0.3, -0.25) is 9.59 Å². The topological polar surface area (TPSA) is 102 Å². The average molecular weight is 451 g/mol. The van der Waals surface area contributed by atoms with Gasteiger partial charge >= 0.3 is 5.97 Å². The summed E-state index contributed by atoms with van der Waals surface area (Å²) in [7, 11) is 0. The van der Waals surface area contributed by atoms with Crippen molar-refractivity contribution in [2.75, 3.05) is 0 Å². The van der Waals surface area contributed by atoms with Gasteiger partial charge in [-0.25, -0.2) is 0 Å². The number of ether oxygens (including phenoxy) is 3. The first-order valence-corrected chi connectivity index (χ1v) is 10.8. The summed E-state index contributed by atoms with van der Waals surface area (Å²) in [6.45, 7) is 8.46. The lowest BCUT2D eigenvalue weighted by molar-refractivity contribution is -0.286.